The summed E-state index contributed by atoms with van der Waals surface area (Å²) in [5, 5.41) is 10.2. The lowest BCUT2D eigenvalue weighted by Gasteiger charge is -2.23. The number of hydrogen-bond acceptors (Lipinski definition) is 3. The van der Waals surface area contributed by atoms with E-state index in [9.17, 15) is 9.90 Å². The van der Waals surface area contributed by atoms with Crippen molar-refractivity contribution in [2.75, 3.05) is 7.05 Å². The monoisotopic (exact) mass is 417 g/mol. The predicted molar refractivity (Wildman–Crippen MR) is 82.8 cm³/mol. The van der Waals surface area contributed by atoms with Crippen LogP contribution in [0.5, 0.6) is 5.75 Å². The van der Waals surface area contributed by atoms with Crippen LogP contribution in [0.2, 0.25) is 0 Å². The van der Waals surface area contributed by atoms with E-state index in [0.717, 1.165) is 17.0 Å². The average Bonchev–Trinajstić information content (AvgIpc) is 2.49. The minimum atomic E-state index is -0.598. The molecule has 0 unspecified atom stereocenters. The third-order valence-corrected chi connectivity index (χ3v) is 4.16. The molecule has 2 rings (SSSR count). The maximum absolute atomic E-state index is 12.5. The lowest BCUT2D eigenvalue weighted by molar-refractivity contribution is -0.403. The number of fused-ring (bicyclic) bond motifs is 1. The van der Waals surface area contributed by atoms with Crippen molar-refractivity contribution >= 4 is 17.4 Å². The first-order valence-electron chi connectivity index (χ1n) is 7.14. The fourth-order valence-corrected chi connectivity index (χ4v) is 2.81. The molecule has 0 radical (unpaired) electrons. The van der Waals surface area contributed by atoms with E-state index in [2.05, 4.69) is 18.4 Å². The highest BCUT2D eigenvalue weighted by Gasteiger charge is 2.46. The minimum absolute atomic E-state index is 0. The lowest BCUT2D eigenvalue weighted by Crippen LogP contribution is -3.00. The summed E-state index contributed by atoms with van der Waals surface area (Å²) >= 11 is 0. The van der Waals surface area contributed by atoms with E-state index in [4.69, 9.17) is 4.74 Å². The maximum atomic E-state index is 12.5. The first-order valence-corrected chi connectivity index (χ1v) is 7.14. The third-order valence-electron chi connectivity index (χ3n) is 4.16. The van der Waals surface area contributed by atoms with Gasteiger partial charge in [-0.15, -0.1) is 0 Å². The Hall–Kier alpha value is -1.11. The van der Waals surface area contributed by atoms with Crippen LogP contribution in [-0.2, 0) is 10.2 Å². The molecule has 1 aromatic rings. The second-order valence-corrected chi connectivity index (χ2v) is 7.13. The molecule has 0 bridgehead atoms. The number of aromatic hydroxyl groups is 1. The molecule has 1 heterocycles. The Morgan fingerprint density at radius 2 is 1.82 bits per heavy atom. The minimum Gasteiger partial charge on any atom is -1.00 e. The molecule has 4 nitrogen and oxygen atoms in total. The first kappa shape index (κ1) is 18.9. The molecule has 0 atom stereocenters. The van der Waals surface area contributed by atoms with Crippen LogP contribution in [-0.4, -0.2) is 34.0 Å². The van der Waals surface area contributed by atoms with Gasteiger partial charge in [-0.1, -0.05) is 0 Å². The summed E-state index contributed by atoms with van der Waals surface area (Å²) in [4.78, 5) is 12.5. The van der Waals surface area contributed by atoms with Gasteiger partial charge in [0.1, 0.15) is 24.0 Å². The van der Waals surface area contributed by atoms with Crippen LogP contribution in [0.4, 0.5) is 5.69 Å². The lowest BCUT2D eigenvalue weighted by atomic mass is 9.79. The number of ether oxygens (including phenoxy) is 1. The van der Waals surface area contributed by atoms with Crippen LogP contribution >= 0.6 is 0 Å². The van der Waals surface area contributed by atoms with Crippen LogP contribution in [0, 0.1) is 0 Å². The summed E-state index contributed by atoms with van der Waals surface area (Å²) < 4.78 is 7.53. The topological polar surface area (TPSA) is 49.5 Å². The van der Waals surface area contributed by atoms with Gasteiger partial charge in [0.05, 0.1) is 11.0 Å². The number of carbonyl (C=O) groups is 1. The number of esters is 1. The number of carbonyl (C=O) groups excluding carboxylic acids is 1. The maximum Gasteiger partial charge on any atom is 0.343 e. The summed E-state index contributed by atoms with van der Waals surface area (Å²) in [5.74, 6) is -0.507. The SMILES string of the molecule is CC1=[N+](C)c2ccc(O)c(C(=O)OC(C)(C)C)c2C1(C)C.[I-]. The first-order chi connectivity index (χ1) is 9.47. The Kier molecular flexibility index (Phi) is 5.02. The van der Waals surface area contributed by atoms with Gasteiger partial charge in [0.2, 0.25) is 5.69 Å². The second kappa shape index (κ2) is 5.83. The van der Waals surface area contributed by atoms with Gasteiger partial charge in [0.15, 0.2) is 5.71 Å². The Morgan fingerprint density at radius 3 is 2.32 bits per heavy atom. The van der Waals surface area contributed by atoms with Gasteiger partial charge in [-0.2, -0.15) is 0 Å². The Balaban J connectivity index is 0.00000242. The van der Waals surface area contributed by atoms with Gasteiger partial charge in [-0.3, -0.25) is 0 Å². The van der Waals surface area contributed by atoms with E-state index in [1.54, 1.807) is 6.07 Å². The quantitative estimate of drug-likeness (QED) is 0.409. The van der Waals surface area contributed by atoms with E-state index >= 15 is 0 Å². The van der Waals surface area contributed by atoms with Crippen molar-refractivity contribution in [1.29, 1.82) is 0 Å². The van der Waals surface area contributed by atoms with Crippen molar-refractivity contribution in [3.05, 3.63) is 23.3 Å². The van der Waals surface area contributed by atoms with E-state index < -0.39 is 11.6 Å². The fourth-order valence-electron chi connectivity index (χ4n) is 2.81. The van der Waals surface area contributed by atoms with E-state index in [1.165, 1.54) is 0 Å². The zero-order valence-corrected chi connectivity index (χ0v) is 16.4. The van der Waals surface area contributed by atoms with Gasteiger partial charge >= 0.3 is 5.97 Å². The standard InChI is InChI=1S/C17H23NO3.HI/c1-10-17(5,6)14-11(18(10)7)8-9-12(19)13(14)15(20)21-16(2,3)4;/h8-9H,1-7H3;1H. The van der Waals surface area contributed by atoms with E-state index in [1.807, 2.05) is 40.8 Å². The highest BCUT2D eigenvalue weighted by molar-refractivity contribution is 6.02. The highest BCUT2D eigenvalue weighted by Crippen LogP contribution is 2.44. The number of nitrogens with zero attached hydrogens (tertiary/aromatic N) is 1. The van der Waals surface area contributed by atoms with Crippen molar-refractivity contribution in [3.63, 3.8) is 0 Å². The van der Waals surface area contributed by atoms with Crippen LogP contribution in [0.3, 0.4) is 0 Å². The molecule has 1 aromatic carbocycles. The Bertz CT molecular complexity index is 655. The van der Waals surface area contributed by atoms with Crippen LogP contribution < -0.4 is 24.0 Å². The molecule has 0 amide bonds. The molecule has 0 aliphatic carbocycles. The van der Waals surface area contributed by atoms with Gasteiger partial charge < -0.3 is 33.8 Å². The predicted octanol–water partition coefficient (Wildman–Crippen LogP) is 0.377. The summed E-state index contributed by atoms with van der Waals surface area (Å²) in [6.45, 7) is 11.6. The molecular formula is C17H24INO3. The normalized spacial score (nSPS) is 16.1. The number of hydrogen-bond donors (Lipinski definition) is 1. The smallest absolute Gasteiger partial charge is 0.343 e. The van der Waals surface area contributed by atoms with Crippen LogP contribution in [0.25, 0.3) is 0 Å². The molecule has 1 N–H and O–H groups in total. The molecule has 122 valence electrons. The van der Waals surface area contributed by atoms with E-state index in [0.29, 0.717) is 0 Å². The molecule has 0 fully saturated rings. The average molecular weight is 417 g/mol. The summed E-state index contributed by atoms with van der Waals surface area (Å²) in [6.07, 6.45) is 0. The summed E-state index contributed by atoms with van der Waals surface area (Å²) in [6, 6.07) is 3.40. The fraction of sp³-hybridized carbons (Fsp3) is 0.529. The third kappa shape index (κ3) is 3.00. The molecule has 0 aromatic heterocycles. The number of halogens is 1. The van der Waals surface area contributed by atoms with Gasteiger partial charge in [-0.25, -0.2) is 9.37 Å². The molecule has 0 saturated heterocycles. The summed E-state index contributed by atoms with van der Waals surface area (Å²) in [5.41, 5.74) is 2.26. The van der Waals surface area contributed by atoms with Crippen molar-refractivity contribution in [2.45, 2.75) is 52.6 Å². The van der Waals surface area contributed by atoms with Gasteiger partial charge in [0.25, 0.3) is 0 Å². The molecule has 22 heavy (non-hydrogen) atoms. The van der Waals surface area contributed by atoms with Gasteiger partial charge in [-0.05, 0) is 40.7 Å². The zero-order chi connectivity index (χ0) is 16.2. The molecule has 0 saturated carbocycles. The second-order valence-electron chi connectivity index (χ2n) is 7.13. The van der Waals surface area contributed by atoms with Crippen molar-refractivity contribution in [1.82, 2.24) is 0 Å². The zero-order valence-electron chi connectivity index (χ0n) is 14.2. The largest absolute Gasteiger partial charge is 1.00 e. The molecule has 1 aliphatic rings. The highest BCUT2D eigenvalue weighted by atomic mass is 127. The Morgan fingerprint density at radius 1 is 1.27 bits per heavy atom. The molecule has 1 aliphatic heterocycles. The van der Waals surface area contributed by atoms with Gasteiger partial charge in [0, 0.05) is 13.0 Å². The molecular weight excluding hydrogens is 393 g/mol. The summed E-state index contributed by atoms with van der Waals surface area (Å²) in [7, 11) is 1.97. The number of benzene rings is 1. The number of rotatable bonds is 1. The number of phenolic OH excluding ortho intramolecular Hbond substituents is 1. The number of phenols is 1. The van der Waals surface area contributed by atoms with Crippen LogP contribution in [0.15, 0.2) is 12.1 Å². The van der Waals surface area contributed by atoms with Crippen molar-refractivity contribution < 1.29 is 43.2 Å². The molecule has 0 spiro atoms. The molecule has 5 heteroatoms. The van der Waals surface area contributed by atoms with Crippen molar-refractivity contribution in [3.8, 4) is 5.75 Å². The van der Waals surface area contributed by atoms with E-state index in [-0.39, 0.29) is 40.7 Å². The van der Waals surface area contributed by atoms with Crippen molar-refractivity contribution in [2.24, 2.45) is 0 Å². The Labute approximate surface area is 149 Å². The van der Waals surface area contributed by atoms with Crippen LogP contribution in [0.1, 0.15) is 57.5 Å².